The predicted octanol–water partition coefficient (Wildman–Crippen LogP) is 13.4. The van der Waals surface area contributed by atoms with Gasteiger partial charge in [-0.3, -0.25) is 0 Å². The summed E-state index contributed by atoms with van der Waals surface area (Å²) in [6.07, 6.45) is 0. The number of para-hydroxylation sites is 6. The Bertz CT molecular complexity index is 4970. The molecule has 0 unspecified atom stereocenters. The molecule has 14 aromatic rings. The van der Waals surface area contributed by atoms with E-state index in [2.05, 4.69) is 239 Å². The molecule has 0 fully saturated rings. The van der Waals surface area contributed by atoms with Crippen LogP contribution in [-0.2, 0) is 0 Å². The zero-order chi connectivity index (χ0) is 53.6. The zero-order valence-corrected chi connectivity index (χ0v) is 45.6. The van der Waals surface area contributed by atoms with E-state index in [0.717, 1.165) is 107 Å². The van der Waals surface area contributed by atoms with Crippen LogP contribution in [0.2, 0.25) is 0 Å². The van der Waals surface area contributed by atoms with Crippen molar-refractivity contribution in [2.45, 2.75) is 0 Å². The molecule has 6 heterocycles. The molecule has 0 atom stereocenters. The molecule has 0 saturated carbocycles. The summed E-state index contributed by atoms with van der Waals surface area (Å²) < 4.78 is 29.6. The minimum absolute atomic E-state index is 0.00788. The van der Waals surface area contributed by atoms with E-state index in [4.69, 9.17) is 18.3 Å². The molecular formula is C72H43B2N3O4Se. The molecule has 82 heavy (non-hydrogen) atoms. The van der Waals surface area contributed by atoms with E-state index in [-0.39, 0.29) is 28.4 Å². The van der Waals surface area contributed by atoms with Crippen molar-refractivity contribution in [3.8, 4) is 23.0 Å². The average molecular weight is 1110 g/mol. The number of hydrogen-bond donors (Lipinski definition) is 0. The van der Waals surface area contributed by atoms with E-state index in [1.165, 1.54) is 41.7 Å². The number of ether oxygens (including phenoxy) is 2. The van der Waals surface area contributed by atoms with Gasteiger partial charge >= 0.3 is 389 Å². The summed E-state index contributed by atoms with van der Waals surface area (Å²) in [5.74, 6) is 2.92. The summed E-state index contributed by atoms with van der Waals surface area (Å²) in [6, 6.07) is 93.5. The molecule has 0 amide bonds. The summed E-state index contributed by atoms with van der Waals surface area (Å²) in [6.45, 7) is -0.195. The van der Waals surface area contributed by atoms with Gasteiger partial charge in [0.1, 0.15) is 16.9 Å². The maximum absolute atomic E-state index is 7.13. The van der Waals surface area contributed by atoms with Gasteiger partial charge in [0.15, 0.2) is 0 Å². The third-order valence-corrected chi connectivity index (χ3v) is 19.3. The van der Waals surface area contributed by atoms with Crippen molar-refractivity contribution in [3.63, 3.8) is 0 Å². The van der Waals surface area contributed by atoms with Crippen LogP contribution in [0, 0.1) is 0 Å². The summed E-state index contributed by atoms with van der Waals surface area (Å²) in [5.41, 5.74) is 20.7. The van der Waals surface area contributed by atoms with Crippen molar-refractivity contribution in [2.75, 3.05) is 14.7 Å². The van der Waals surface area contributed by atoms with Crippen molar-refractivity contribution in [2.24, 2.45) is 0 Å². The van der Waals surface area contributed by atoms with Crippen LogP contribution in [0.25, 0.3) is 43.9 Å². The van der Waals surface area contributed by atoms with Crippen LogP contribution in [0.1, 0.15) is 0 Å². The topological polar surface area (TPSA) is 54.5 Å². The van der Waals surface area contributed by atoms with Crippen molar-refractivity contribution in [1.29, 1.82) is 0 Å². The van der Waals surface area contributed by atoms with E-state index >= 15 is 0 Å². The van der Waals surface area contributed by atoms with Crippen LogP contribution < -0.4 is 65.9 Å². The van der Waals surface area contributed by atoms with Gasteiger partial charge in [-0.2, -0.15) is 0 Å². The van der Waals surface area contributed by atoms with Crippen LogP contribution in [0.4, 0.5) is 51.2 Å². The molecule has 0 radical (unpaired) electrons. The summed E-state index contributed by atoms with van der Waals surface area (Å²) in [7, 11) is 0. The molecule has 2 aromatic heterocycles. The van der Waals surface area contributed by atoms with Gasteiger partial charge in [0.25, 0.3) is 0 Å². The first-order chi connectivity index (χ1) is 40.6. The Labute approximate surface area is 479 Å². The minimum atomic E-state index is -0.142. The van der Waals surface area contributed by atoms with Gasteiger partial charge in [-0.1, -0.05) is 36.4 Å². The van der Waals surface area contributed by atoms with E-state index in [1.807, 2.05) is 36.4 Å². The Balaban J connectivity index is 0.878. The normalized spacial score (nSPS) is 13.4. The molecule has 7 nitrogen and oxygen atoms in total. The van der Waals surface area contributed by atoms with E-state index < -0.39 is 0 Å². The fraction of sp³-hybridized carbons (Fsp3) is 0. The van der Waals surface area contributed by atoms with Crippen molar-refractivity contribution >= 4 is 165 Å². The molecule has 0 aliphatic carbocycles. The third kappa shape index (κ3) is 6.86. The van der Waals surface area contributed by atoms with Crippen LogP contribution >= 0.6 is 0 Å². The molecule has 12 aromatic carbocycles. The second-order valence-corrected chi connectivity index (χ2v) is 23.8. The number of furan rings is 2. The molecule has 4 aliphatic rings. The monoisotopic (exact) mass is 1120 g/mol. The molecule has 4 aliphatic heterocycles. The van der Waals surface area contributed by atoms with Crippen LogP contribution in [0.15, 0.2) is 270 Å². The standard InChI is InChI=1S/C72H43B2N3O4Se/c1-4-18-44(19-5-1)75-59-28-14-12-26-55(59)73-57-42-58-61(43-60(57)76(45-20-6-2-7-21-45)63-37-49(36-62(75)71(63)73)78-47-32-34-53-51-24-10-15-29-65(51)80-67(53)39-47)77(46-22-8-3-9-23-46)64-38-50(41-70-72(64)74(58)56-27-13-17-31-69(56)82-70)79-48-33-35-54-52-25-11-16-30-66(52)81-68(54)40-48/h1-43H. The van der Waals surface area contributed by atoms with Crippen molar-refractivity contribution < 1.29 is 18.3 Å². The van der Waals surface area contributed by atoms with Crippen LogP contribution in [0.5, 0.6) is 23.0 Å². The Hall–Kier alpha value is -10.1. The van der Waals surface area contributed by atoms with E-state index in [0.29, 0.717) is 11.5 Å². The Morgan fingerprint density at radius 2 is 0.720 bits per heavy atom. The fourth-order valence-electron chi connectivity index (χ4n) is 13.6. The first kappa shape index (κ1) is 45.7. The Morgan fingerprint density at radius 3 is 1.29 bits per heavy atom. The van der Waals surface area contributed by atoms with Crippen LogP contribution in [-0.4, -0.2) is 28.4 Å². The van der Waals surface area contributed by atoms with Crippen molar-refractivity contribution in [3.05, 3.63) is 261 Å². The second kappa shape index (κ2) is 17.7. The number of hydrogen-bond acceptors (Lipinski definition) is 7. The Kier molecular flexibility index (Phi) is 9.87. The zero-order valence-electron chi connectivity index (χ0n) is 43.9. The summed E-state index contributed by atoms with van der Waals surface area (Å²) in [5, 5.41) is 4.30. The molecule has 0 N–H and O–H groups in total. The van der Waals surface area contributed by atoms with Gasteiger partial charge < -0.3 is 4.42 Å². The average Bonchev–Trinajstić information content (AvgIpc) is 2.21. The summed E-state index contributed by atoms with van der Waals surface area (Å²) in [4.78, 5) is 7.40. The predicted molar refractivity (Wildman–Crippen MR) is 339 cm³/mol. The maximum atomic E-state index is 7.13. The van der Waals surface area contributed by atoms with Gasteiger partial charge in [0, 0.05) is 16.8 Å². The molecule has 18 rings (SSSR count). The first-order valence-corrected chi connectivity index (χ1v) is 29.5. The number of rotatable bonds is 7. The number of benzene rings is 12. The SMILES string of the molecule is c1ccc(N2c3cc4c(cc3B3c5ccccc5[Se]c5cc(Oc6ccc7c(c6)oc6ccccc67)cc2c53)B2c3ccccc3N(c3ccccc3)c3cc(Oc5ccc6c(c5)oc5ccccc56)cc(c32)N4c2ccccc2)cc1. The van der Waals surface area contributed by atoms with E-state index in [1.54, 1.807) is 0 Å². The third-order valence-electron chi connectivity index (χ3n) is 16.9. The van der Waals surface area contributed by atoms with Gasteiger partial charge in [0.05, 0.1) is 0 Å². The van der Waals surface area contributed by atoms with Crippen molar-refractivity contribution in [1.82, 2.24) is 0 Å². The number of fused-ring (bicyclic) bond motifs is 14. The molecule has 382 valence electrons. The molecular weight excluding hydrogens is 1070 g/mol. The molecule has 0 saturated heterocycles. The van der Waals surface area contributed by atoms with Crippen LogP contribution in [0.3, 0.4) is 0 Å². The second-order valence-electron chi connectivity index (χ2n) is 21.5. The van der Waals surface area contributed by atoms with Gasteiger partial charge in [-0.15, -0.1) is 0 Å². The first-order valence-electron chi connectivity index (χ1n) is 27.8. The van der Waals surface area contributed by atoms with Gasteiger partial charge in [-0.25, -0.2) is 0 Å². The quantitative estimate of drug-likeness (QED) is 0.147. The fourth-order valence-corrected chi connectivity index (χ4v) is 16.1. The van der Waals surface area contributed by atoms with Gasteiger partial charge in [-0.05, 0) is 18.2 Å². The van der Waals surface area contributed by atoms with E-state index in [9.17, 15) is 0 Å². The number of nitrogens with zero attached hydrogens (tertiary/aromatic N) is 3. The Morgan fingerprint density at radius 1 is 0.280 bits per heavy atom. The molecule has 0 bridgehead atoms. The molecule has 10 heteroatoms. The van der Waals surface area contributed by atoms with Gasteiger partial charge in [0.2, 0.25) is 0 Å². The number of anilines is 9. The summed E-state index contributed by atoms with van der Waals surface area (Å²) >= 11 is -0.00788. The molecule has 0 spiro atoms.